The number of hydrogen-bond donors (Lipinski definition) is 1. The zero-order valence-corrected chi connectivity index (χ0v) is 16.8. The van der Waals surface area contributed by atoms with Gasteiger partial charge in [0.15, 0.2) is 0 Å². The summed E-state index contributed by atoms with van der Waals surface area (Å²) in [6.45, 7) is 12.8. The van der Waals surface area contributed by atoms with Crippen LogP contribution in [0, 0.1) is 6.92 Å². The van der Waals surface area contributed by atoms with Crippen LogP contribution in [0.25, 0.3) is 0 Å². The van der Waals surface area contributed by atoms with Crippen LogP contribution < -0.4 is 5.73 Å². The minimum atomic E-state index is -0.504. The molecule has 6 heteroatoms. The number of carbonyl (C=O) groups excluding carboxylic acids is 1. The molecule has 1 spiro atoms. The van der Waals surface area contributed by atoms with Gasteiger partial charge in [-0.2, -0.15) is 0 Å². The van der Waals surface area contributed by atoms with E-state index in [0.29, 0.717) is 25.9 Å². The van der Waals surface area contributed by atoms with Gasteiger partial charge in [-0.15, -0.1) is 0 Å². The van der Waals surface area contributed by atoms with Gasteiger partial charge in [0, 0.05) is 30.4 Å². The summed E-state index contributed by atoms with van der Waals surface area (Å²) in [6, 6.07) is 2.14. The van der Waals surface area contributed by atoms with Gasteiger partial charge in [0.2, 0.25) is 0 Å². The van der Waals surface area contributed by atoms with E-state index in [1.807, 2.05) is 47.7 Å². The number of carbonyl (C=O) groups is 1. The monoisotopic (exact) mass is 361 g/mol. The number of pyridine rings is 1. The van der Waals surface area contributed by atoms with Crippen LogP contribution in [-0.2, 0) is 15.1 Å². The Morgan fingerprint density at radius 2 is 1.92 bits per heavy atom. The quantitative estimate of drug-likeness (QED) is 0.829. The van der Waals surface area contributed by atoms with Crippen LogP contribution in [-0.4, -0.2) is 40.2 Å². The van der Waals surface area contributed by atoms with E-state index in [9.17, 15) is 4.79 Å². The Labute approximate surface area is 156 Å². The Bertz CT molecular complexity index is 695. The summed E-state index contributed by atoms with van der Waals surface area (Å²) in [6.07, 6.45) is 2.82. The van der Waals surface area contributed by atoms with E-state index in [1.54, 1.807) is 4.90 Å². The molecular weight excluding hydrogens is 330 g/mol. The molecule has 0 bridgehead atoms. The van der Waals surface area contributed by atoms with Crippen molar-refractivity contribution in [1.82, 2.24) is 9.88 Å². The fourth-order valence-electron chi connectivity index (χ4n) is 3.80. The summed E-state index contributed by atoms with van der Waals surface area (Å²) in [5.74, 6) is 0. The highest BCUT2D eigenvalue weighted by Gasteiger charge is 2.51. The zero-order valence-electron chi connectivity index (χ0n) is 16.8. The zero-order chi connectivity index (χ0) is 19.3. The maximum Gasteiger partial charge on any atom is 0.410 e. The molecule has 1 aromatic heterocycles. The molecule has 0 aliphatic carbocycles. The van der Waals surface area contributed by atoms with Gasteiger partial charge in [-0.3, -0.25) is 4.98 Å². The Balaban J connectivity index is 1.82. The van der Waals surface area contributed by atoms with Gasteiger partial charge in [0.1, 0.15) is 17.3 Å². The summed E-state index contributed by atoms with van der Waals surface area (Å²) >= 11 is 0. The van der Waals surface area contributed by atoms with E-state index >= 15 is 0 Å². The molecule has 2 aliphatic rings. The van der Waals surface area contributed by atoms with Crippen molar-refractivity contribution in [3.05, 3.63) is 29.1 Å². The average Bonchev–Trinajstić information content (AvgIpc) is 2.80. The van der Waals surface area contributed by atoms with Crippen LogP contribution in [0.4, 0.5) is 4.79 Å². The van der Waals surface area contributed by atoms with Gasteiger partial charge in [-0.05, 0) is 66.0 Å². The molecule has 1 atom stereocenters. The van der Waals surface area contributed by atoms with E-state index in [1.165, 1.54) is 0 Å². The van der Waals surface area contributed by atoms with Gasteiger partial charge in [-0.25, -0.2) is 4.79 Å². The number of aromatic nitrogens is 1. The number of aryl methyl sites for hydroxylation is 1. The lowest BCUT2D eigenvalue weighted by molar-refractivity contribution is -0.128. The third-order valence-electron chi connectivity index (χ3n) is 5.01. The number of hydrogen-bond acceptors (Lipinski definition) is 5. The summed E-state index contributed by atoms with van der Waals surface area (Å²) in [5, 5.41) is 0. The second kappa shape index (κ2) is 6.20. The topological polar surface area (TPSA) is 77.7 Å². The minimum Gasteiger partial charge on any atom is -0.444 e. The second-order valence-electron chi connectivity index (χ2n) is 9.23. The predicted molar refractivity (Wildman–Crippen MR) is 99.8 cm³/mol. The van der Waals surface area contributed by atoms with Crippen LogP contribution in [0.15, 0.2) is 12.3 Å². The fourth-order valence-corrected chi connectivity index (χ4v) is 3.80. The Hall–Kier alpha value is -1.66. The Morgan fingerprint density at radius 1 is 1.31 bits per heavy atom. The lowest BCUT2D eigenvalue weighted by Gasteiger charge is -2.40. The minimum absolute atomic E-state index is 0.196. The smallest absolute Gasteiger partial charge is 0.410 e. The van der Waals surface area contributed by atoms with Crippen LogP contribution >= 0.6 is 0 Å². The molecule has 2 N–H and O–H groups in total. The molecule has 6 nitrogen and oxygen atoms in total. The highest BCUT2D eigenvalue weighted by atomic mass is 16.6. The first-order valence-electron chi connectivity index (χ1n) is 9.33. The molecule has 0 aromatic carbocycles. The maximum atomic E-state index is 12.4. The highest BCUT2D eigenvalue weighted by molar-refractivity contribution is 5.68. The Morgan fingerprint density at radius 3 is 2.46 bits per heavy atom. The van der Waals surface area contributed by atoms with Gasteiger partial charge in [-0.1, -0.05) is 0 Å². The van der Waals surface area contributed by atoms with Crippen LogP contribution in [0.1, 0.15) is 70.4 Å². The van der Waals surface area contributed by atoms with Gasteiger partial charge in [0.25, 0.3) is 0 Å². The van der Waals surface area contributed by atoms with Crippen molar-refractivity contribution < 1.29 is 14.3 Å². The van der Waals surface area contributed by atoms with Crippen molar-refractivity contribution in [3.63, 3.8) is 0 Å². The number of nitrogens with two attached hydrogens (primary N) is 1. The molecule has 1 unspecified atom stereocenters. The van der Waals surface area contributed by atoms with Crippen LogP contribution in [0.5, 0.6) is 0 Å². The fraction of sp³-hybridized carbons (Fsp3) is 0.700. The molecule has 3 heterocycles. The lowest BCUT2D eigenvalue weighted by atomic mass is 9.85. The van der Waals surface area contributed by atoms with Crippen molar-refractivity contribution in [2.45, 2.75) is 77.2 Å². The van der Waals surface area contributed by atoms with Crippen molar-refractivity contribution in [3.8, 4) is 0 Å². The van der Waals surface area contributed by atoms with E-state index in [-0.39, 0.29) is 12.2 Å². The van der Waals surface area contributed by atoms with Gasteiger partial charge < -0.3 is 20.1 Å². The van der Waals surface area contributed by atoms with Crippen molar-refractivity contribution in [2.75, 3.05) is 13.1 Å². The van der Waals surface area contributed by atoms with E-state index in [0.717, 1.165) is 16.8 Å². The molecule has 1 fully saturated rings. The molecule has 0 radical (unpaired) electrons. The molecule has 3 rings (SSSR count). The number of amides is 1. The second-order valence-corrected chi connectivity index (χ2v) is 9.23. The van der Waals surface area contributed by atoms with Crippen LogP contribution in [0.3, 0.4) is 0 Å². The maximum absolute atomic E-state index is 12.4. The highest BCUT2D eigenvalue weighted by Crippen LogP contribution is 2.51. The first kappa shape index (κ1) is 19.1. The van der Waals surface area contributed by atoms with Gasteiger partial charge >= 0.3 is 6.09 Å². The standard InChI is InChI=1S/C20H31N3O3/c1-13-11-14-15(22-12-13)20(25-16(14)19(5,6)21)7-9-23(10-8-20)17(24)26-18(2,3)4/h11-12,16H,7-10,21H2,1-6H3. The Kier molecular flexibility index (Phi) is 4.56. The predicted octanol–water partition coefficient (Wildman–Crippen LogP) is 3.42. The number of likely N-dealkylation sites (tertiary alicyclic amines) is 1. The average molecular weight is 361 g/mol. The SMILES string of the molecule is Cc1cnc2c(c1)C(C(C)(C)N)OC21CCN(C(=O)OC(C)(C)C)CC1. The van der Waals surface area contributed by atoms with E-state index < -0.39 is 16.7 Å². The van der Waals surface area contributed by atoms with E-state index in [2.05, 4.69) is 6.07 Å². The summed E-state index contributed by atoms with van der Waals surface area (Å²) < 4.78 is 12.0. The lowest BCUT2D eigenvalue weighted by Crippen LogP contribution is -2.48. The van der Waals surface area contributed by atoms with E-state index in [4.69, 9.17) is 20.2 Å². The molecule has 2 aliphatic heterocycles. The first-order chi connectivity index (χ1) is 11.9. The number of fused-ring (bicyclic) bond motifs is 2. The van der Waals surface area contributed by atoms with Crippen molar-refractivity contribution in [1.29, 1.82) is 0 Å². The number of ether oxygens (including phenoxy) is 2. The number of rotatable bonds is 1. The van der Waals surface area contributed by atoms with Crippen molar-refractivity contribution in [2.24, 2.45) is 5.73 Å². The summed E-state index contributed by atoms with van der Waals surface area (Å²) in [5.41, 5.74) is 8.11. The normalized spacial score (nSPS) is 22.4. The summed E-state index contributed by atoms with van der Waals surface area (Å²) in [7, 11) is 0. The van der Waals surface area contributed by atoms with Crippen LogP contribution in [0.2, 0.25) is 0 Å². The molecule has 26 heavy (non-hydrogen) atoms. The molecule has 0 saturated carbocycles. The number of piperidine rings is 1. The van der Waals surface area contributed by atoms with Crippen molar-refractivity contribution >= 4 is 6.09 Å². The molecular formula is C20H31N3O3. The van der Waals surface area contributed by atoms with Gasteiger partial charge in [0.05, 0.1) is 5.69 Å². The first-order valence-corrected chi connectivity index (χ1v) is 9.33. The molecule has 1 aromatic rings. The summed E-state index contributed by atoms with van der Waals surface area (Å²) in [4.78, 5) is 18.8. The molecule has 1 saturated heterocycles. The number of nitrogens with zero attached hydrogens (tertiary/aromatic N) is 2. The molecule has 1 amide bonds. The molecule has 144 valence electrons. The third-order valence-corrected chi connectivity index (χ3v) is 5.01. The largest absolute Gasteiger partial charge is 0.444 e. The third kappa shape index (κ3) is 3.58.